The molecule has 1 N–H and O–H groups in total. The summed E-state index contributed by atoms with van der Waals surface area (Å²) in [6, 6.07) is 2.79. The van der Waals surface area contributed by atoms with Crippen LogP contribution in [0.3, 0.4) is 0 Å². The van der Waals surface area contributed by atoms with Crippen LogP contribution in [0.5, 0.6) is 0 Å². The molecule has 1 aromatic carbocycles. The van der Waals surface area contributed by atoms with E-state index in [1.807, 2.05) is 0 Å². The third-order valence-corrected chi connectivity index (χ3v) is 5.08. The van der Waals surface area contributed by atoms with Gasteiger partial charge in [0.2, 0.25) is 0 Å². The number of hydrogen-bond acceptors (Lipinski definition) is 6. The zero-order valence-electron chi connectivity index (χ0n) is 14.1. The first-order chi connectivity index (χ1) is 11.7. The van der Waals surface area contributed by atoms with Gasteiger partial charge in [-0.05, 0) is 19.9 Å². The van der Waals surface area contributed by atoms with Crippen molar-refractivity contribution < 1.29 is 27.5 Å². The Bertz CT molecular complexity index is 759. The molecule has 0 aliphatic heterocycles. The molecule has 0 spiro atoms. The van der Waals surface area contributed by atoms with Crippen LogP contribution in [0.15, 0.2) is 30.9 Å². The van der Waals surface area contributed by atoms with Gasteiger partial charge in [0.05, 0.1) is 19.3 Å². The number of halogens is 2. The van der Waals surface area contributed by atoms with Crippen LogP contribution in [-0.4, -0.2) is 39.2 Å². The van der Waals surface area contributed by atoms with Gasteiger partial charge < -0.3 is 14.2 Å². The van der Waals surface area contributed by atoms with Gasteiger partial charge >= 0.3 is 7.60 Å². The average Bonchev–Trinajstić information content (AvgIpc) is 2.98. The molecule has 2 rings (SSSR count). The molecule has 0 aliphatic carbocycles. The Kier molecular flexibility index (Phi) is 6.05. The van der Waals surface area contributed by atoms with E-state index in [1.165, 1.54) is 30.9 Å². The predicted octanol–water partition coefficient (Wildman–Crippen LogP) is 2.71. The first kappa shape index (κ1) is 19.7. The van der Waals surface area contributed by atoms with Gasteiger partial charge in [-0.2, -0.15) is 5.10 Å². The van der Waals surface area contributed by atoms with Crippen molar-refractivity contribution in [3.05, 3.63) is 48.1 Å². The monoisotopic (exact) mass is 375 g/mol. The molecule has 0 aliphatic rings. The van der Waals surface area contributed by atoms with Gasteiger partial charge in [-0.25, -0.2) is 18.4 Å². The van der Waals surface area contributed by atoms with Crippen molar-refractivity contribution in [1.82, 2.24) is 14.8 Å². The van der Waals surface area contributed by atoms with Gasteiger partial charge in [0.25, 0.3) is 0 Å². The predicted molar refractivity (Wildman–Crippen MR) is 86.0 cm³/mol. The molecule has 25 heavy (non-hydrogen) atoms. The fourth-order valence-corrected chi connectivity index (χ4v) is 3.75. The lowest BCUT2D eigenvalue weighted by atomic mass is 9.88. The van der Waals surface area contributed by atoms with Gasteiger partial charge in [0, 0.05) is 18.3 Å². The molecule has 0 fully saturated rings. The number of hydrogen-bond donors (Lipinski definition) is 1. The van der Waals surface area contributed by atoms with E-state index in [0.29, 0.717) is 6.07 Å². The summed E-state index contributed by atoms with van der Waals surface area (Å²) in [6.45, 7) is 4.22. The van der Waals surface area contributed by atoms with Gasteiger partial charge in [0.1, 0.15) is 29.9 Å². The molecular formula is C15H20F2N3O4P. The summed E-state index contributed by atoms with van der Waals surface area (Å²) in [4.78, 5) is 3.77. The van der Waals surface area contributed by atoms with Crippen molar-refractivity contribution in [3.63, 3.8) is 0 Å². The smallest absolute Gasteiger partial charge is 0.327 e. The van der Waals surface area contributed by atoms with E-state index in [9.17, 15) is 18.5 Å². The third-order valence-electron chi connectivity index (χ3n) is 3.65. The number of nitrogens with zero attached hydrogens (tertiary/aromatic N) is 3. The number of rotatable bonds is 8. The second kappa shape index (κ2) is 7.70. The molecule has 0 radical (unpaired) electrons. The highest BCUT2D eigenvalue weighted by molar-refractivity contribution is 7.53. The maximum absolute atomic E-state index is 14.3. The Hall–Kier alpha value is -1.67. The molecule has 7 nitrogen and oxygen atoms in total. The molecule has 0 saturated heterocycles. The van der Waals surface area contributed by atoms with Gasteiger partial charge in [0.15, 0.2) is 0 Å². The summed E-state index contributed by atoms with van der Waals surface area (Å²) in [7, 11) is -3.48. The van der Waals surface area contributed by atoms with E-state index in [0.717, 1.165) is 12.1 Å². The highest BCUT2D eigenvalue weighted by Gasteiger charge is 2.42. The lowest BCUT2D eigenvalue weighted by Crippen LogP contribution is -2.43. The fraction of sp³-hybridized carbons (Fsp3) is 0.467. The Morgan fingerprint density at radius 2 is 2.16 bits per heavy atom. The first-order valence-electron chi connectivity index (χ1n) is 7.58. The van der Waals surface area contributed by atoms with Crippen molar-refractivity contribution in [2.45, 2.75) is 32.1 Å². The molecule has 0 amide bonds. The van der Waals surface area contributed by atoms with Crippen LogP contribution in [0, 0.1) is 11.6 Å². The summed E-state index contributed by atoms with van der Waals surface area (Å²) in [6.07, 6.45) is 1.42. The maximum atomic E-state index is 14.3. The summed E-state index contributed by atoms with van der Waals surface area (Å²) >= 11 is 0. The molecule has 2 aromatic rings. The Morgan fingerprint density at radius 1 is 1.44 bits per heavy atom. The maximum Gasteiger partial charge on any atom is 0.327 e. The highest BCUT2D eigenvalue weighted by atomic mass is 31.2. The first-order valence-corrected chi connectivity index (χ1v) is 9.57. The van der Waals surface area contributed by atoms with Gasteiger partial charge in [-0.3, -0.25) is 4.57 Å². The van der Waals surface area contributed by atoms with E-state index >= 15 is 0 Å². The van der Waals surface area contributed by atoms with Crippen LogP contribution in [0.2, 0.25) is 0 Å². The van der Waals surface area contributed by atoms with Crippen LogP contribution in [-0.2, 0) is 25.8 Å². The highest BCUT2D eigenvalue weighted by Crippen LogP contribution is 2.48. The quantitative estimate of drug-likeness (QED) is 0.714. The molecule has 10 heteroatoms. The Labute approximate surface area is 144 Å². The molecule has 138 valence electrons. The summed E-state index contributed by atoms with van der Waals surface area (Å²) in [5.41, 5.74) is -2.21. The second-order valence-electron chi connectivity index (χ2n) is 5.58. The third kappa shape index (κ3) is 4.70. The number of benzene rings is 1. The van der Waals surface area contributed by atoms with Crippen molar-refractivity contribution >= 4 is 7.60 Å². The molecule has 1 unspecified atom stereocenters. The van der Waals surface area contributed by atoms with Crippen molar-refractivity contribution in [1.29, 1.82) is 0 Å². The van der Waals surface area contributed by atoms with E-state index in [-0.39, 0.29) is 18.7 Å². The minimum atomic E-state index is -3.48. The van der Waals surface area contributed by atoms with Crippen molar-refractivity contribution in [2.75, 3.05) is 13.3 Å². The van der Waals surface area contributed by atoms with E-state index in [4.69, 9.17) is 9.05 Å². The molecule has 1 heterocycles. The zero-order chi connectivity index (χ0) is 18.7. The number of aromatic nitrogens is 3. The van der Waals surface area contributed by atoms with Crippen molar-refractivity contribution in [2.24, 2.45) is 0 Å². The molecule has 0 saturated carbocycles. The summed E-state index contributed by atoms with van der Waals surface area (Å²) < 4.78 is 51.6. The van der Waals surface area contributed by atoms with E-state index < -0.39 is 30.9 Å². The van der Waals surface area contributed by atoms with Gasteiger partial charge in [-0.15, -0.1) is 0 Å². The molecule has 1 aromatic heterocycles. The van der Waals surface area contributed by atoms with Crippen LogP contribution in [0.25, 0.3) is 0 Å². The average molecular weight is 375 g/mol. The lowest BCUT2D eigenvalue weighted by Gasteiger charge is -2.35. The zero-order valence-corrected chi connectivity index (χ0v) is 15.0. The van der Waals surface area contributed by atoms with Gasteiger partial charge in [-0.1, -0.05) is 6.07 Å². The number of aliphatic hydroxyl groups is 1. The standard InChI is InChI=1S/C15H20F2N3O4P/c1-4-23-25(3,22)24-11(2)15(21,8-20-10-18-9-19-20)13-6-5-12(16)7-14(13)17/h5-7,9-11,21H,4,8H2,1-3H3/t11-,15-,25?/m1/s1. The van der Waals surface area contributed by atoms with E-state index in [1.54, 1.807) is 6.92 Å². The minimum absolute atomic E-state index is 0.146. The lowest BCUT2D eigenvalue weighted by molar-refractivity contribution is -0.0798. The largest absolute Gasteiger partial charge is 0.380 e. The Morgan fingerprint density at radius 3 is 2.72 bits per heavy atom. The van der Waals surface area contributed by atoms with Crippen LogP contribution >= 0.6 is 7.60 Å². The second-order valence-corrected chi connectivity index (χ2v) is 7.59. The molecule has 3 atom stereocenters. The van der Waals surface area contributed by atoms with Crippen LogP contribution < -0.4 is 0 Å². The normalized spacial score (nSPS) is 17.7. The minimum Gasteiger partial charge on any atom is -0.380 e. The summed E-state index contributed by atoms with van der Waals surface area (Å²) in [5, 5.41) is 15.1. The van der Waals surface area contributed by atoms with Crippen molar-refractivity contribution in [3.8, 4) is 0 Å². The summed E-state index contributed by atoms with van der Waals surface area (Å²) in [5.74, 6) is -1.74. The molecular weight excluding hydrogens is 355 g/mol. The van der Waals surface area contributed by atoms with Crippen LogP contribution in [0.4, 0.5) is 8.78 Å². The topological polar surface area (TPSA) is 86.5 Å². The van der Waals surface area contributed by atoms with E-state index in [2.05, 4.69) is 10.1 Å². The Balaban J connectivity index is 2.42. The van der Waals surface area contributed by atoms with Crippen LogP contribution in [0.1, 0.15) is 19.4 Å². The SMILES string of the molecule is CCOP(C)(=O)O[C@H](C)[C@](O)(Cn1cncn1)c1ccc(F)cc1F. The fourth-order valence-electron chi connectivity index (χ4n) is 2.47. The molecule has 0 bridgehead atoms.